The first-order valence-corrected chi connectivity index (χ1v) is 8.65. The molecule has 1 aliphatic rings. The molecule has 1 saturated carbocycles. The van der Waals surface area contributed by atoms with E-state index in [0.717, 1.165) is 25.7 Å². The van der Waals surface area contributed by atoms with Crippen LogP contribution < -0.4 is 15.6 Å². The normalized spacial score (nSPS) is 19.4. The molecule has 2 N–H and O–H groups in total. The summed E-state index contributed by atoms with van der Waals surface area (Å²) in [7, 11) is 0. The summed E-state index contributed by atoms with van der Waals surface area (Å²) in [6, 6.07) is 6.78. The van der Waals surface area contributed by atoms with Crippen LogP contribution >= 0.6 is 11.6 Å². The van der Waals surface area contributed by atoms with E-state index in [9.17, 15) is 9.59 Å². The number of carbonyl (C=O) groups is 1. The van der Waals surface area contributed by atoms with E-state index in [0.29, 0.717) is 17.0 Å². The van der Waals surface area contributed by atoms with E-state index in [-0.39, 0.29) is 23.1 Å². The molecule has 134 valence electrons. The van der Waals surface area contributed by atoms with Crippen molar-refractivity contribution in [1.82, 2.24) is 15.3 Å². The van der Waals surface area contributed by atoms with Gasteiger partial charge in [-0.3, -0.25) is 9.59 Å². The smallest absolute Gasteiger partial charge is 0.266 e. The first-order chi connectivity index (χ1) is 12.5. The van der Waals surface area contributed by atoms with E-state index in [2.05, 4.69) is 15.3 Å². The van der Waals surface area contributed by atoms with E-state index >= 15 is 0 Å². The van der Waals surface area contributed by atoms with Gasteiger partial charge in [0.05, 0.1) is 11.1 Å². The number of nitriles is 1. The molecule has 1 aliphatic carbocycles. The molecule has 1 amide bonds. The van der Waals surface area contributed by atoms with E-state index < -0.39 is 5.56 Å². The molecular weight excluding hydrogens is 356 g/mol. The van der Waals surface area contributed by atoms with Crippen LogP contribution in [0.1, 0.15) is 41.6 Å². The lowest BCUT2D eigenvalue weighted by Crippen LogP contribution is -2.39. The zero-order chi connectivity index (χ0) is 18.5. The SMILES string of the molecule is N#Cc1ccc(OC2CCC(NC(=O)c3c[nH]c(=O)c(Cl)c3)CC2)nc1. The fourth-order valence-corrected chi connectivity index (χ4v) is 3.04. The minimum absolute atomic E-state index is 0.00956. The van der Waals surface area contributed by atoms with Crippen LogP contribution in [-0.4, -0.2) is 28.0 Å². The second-order valence-corrected chi connectivity index (χ2v) is 6.53. The Kier molecular flexibility index (Phi) is 5.54. The second kappa shape index (κ2) is 8.02. The molecule has 2 aromatic heterocycles. The molecule has 2 heterocycles. The molecule has 1 fully saturated rings. The number of H-pyrrole nitrogens is 1. The van der Waals surface area contributed by atoms with Crippen molar-refractivity contribution in [1.29, 1.82) is 5.26 Å². The molecule has 0 aliphatic heterocycles. The predicted molar refractivity (Wildman–Crippen MR) is 95.2 cm³/mol. The number of nitrogens with one attached hydrogen (secondary N) is 2. The largest absolute Gasteiger partial charge is 0.474 e. The van der Waals surface area contributed by atoms with Crippen molar-refractivity contribution in [2.45, 2.75) is 37.8 Å². The monoisotopic (exact) mass is 372 g/mol. The summed E-state index contributed by atoms with van der Waals surface area (Å²) in [5.41, 5.74) is 0.401. The van der Waals surface area contributed by atoms with Gasteiger partial charge in [0.1, 0.15) is 17.2 Å². The number of hydrogen-bond acceptors (Lipinski definition) is 5. The van der Waals surface area contributed by atoms with Gasteiger partial charge in [0, 0.05) is 24.5 Å². The molecule has 2 aromatic rings. The Morgan fingerprint density at radius 1 is 1.35 bits per heavy atom. The second-order valence-electron chi connectivity index (χ2n) is 6.13. The number of rotatable bonds is 4. The lowest BCUT2D eigenvalue weighted by molar-refractivity contribution is 0.0890. The molecule has 0 radical (unpaired) electrons. The highest BCUT2D eigenvalue weighted by Gasteiger charge is 2.24. The predicted octanol–water partition coefficient (Wildman–Crippen LogP) is 2.41. The van der Waals surface area contributed by atoms with Gasteiger partial charge in [-0.1, -0.05) is 11.6 Å². The van der Waals surface area contributed by atoms with E-state index in [4.69, 9.17) is 21.6 Å². The zero-order valence-electron chi connectivity index (χ0n) is 13.9. The van der Waals surface area contributed by atoms with Crippen LogP contribution in [0.3, 0.4) is 0 Å². The molecule has 0 spiro atoms. The molecule has 8 heteroatoms. The van der Waals surface area contributed by atoms with Gasteiger partial charge in [0.15, 0.2) is 0 Å². The maximum atomic E-state index is 12.2. The fourth-order valence-electron chi connectivity index (χ4n) is 2.87. The highest BCUT2D eigenvalue weighted by Crippen LogP contribution is 2.23. The van der Waals surface area contributed by atoms with Crippen LogP contribution in [0.5, 0.6) is 5.88 Å². The topological polar surface area (TPSA) is 108 Å². The maximum Gasteiger partial charge on any atom is 0.266 e. The van der Waals surface area contributed by atoms with Crippen molar-refractivity contribution < 1.29 is 9.53 Å². The number of nitrogens with zero attached hydrogens (tertiary/aromatic N) is 2. The number of aromatic nitrogens is 2. The van der Waals surface area contributed by atoms with Gasteiger partial charge in [-0.15, -0.1) is 0 Å². The quantitative estimate of drug-likeness (QED) is 0.856. The van der Waals surface area contributed by atoms with Crippen LogP contribution in [0, 0.1) is 11.3 Å². The molecule has 0 bridgehead atoms. The Bertz CT molecular complexity index is 881. The average Bonchev–Trinajstić information content (AvgIpc) is 2.66. The van der Waals surface area contributed by atoms with E-state index in [1.165, 1.54) is 18.5 Å². The van der Waals surface area contributed by atoms with Crippen LogP contribution in [0.15, 0.2) is 35.4 Å². The number of carbonyl (C=O) groups excluding carboxylic acids is 1. The Morgan fingerprint density at radius 3 is 2.73 bits per heavy atom. The molecular formula is C18H17ClN4O3. The van der Waals surface area contributed by atoms with Gasteiger partial charge >= 0.3 is 0 Å². The number of aromatic amines is 1. The molecule has 7 nitrogen and oxygen atoms in total. The number of amides is 1. The van der Waals surface area contributed by atoms with Crippen molar-refractivity contribution in [2.75, 3.05) is 0 Å². The Balaban J connectivity index is 1.50. The van der Waals surface area contributed by atoms with Crippen LogP contribution in [-0.2, 0) is 0 Å². The third-order valence-electron chi connectivity index (χ3n) is 4.28. The van der Waals surface area contributed by atoms with Gasteiger partial charge in [-0.2, -0.15) is 5.26 Å². The number of halogens is 1. The van der Waals surface area contributed by atoms with Gasteiger partial charge in [0.25, 0.3) is 11.5 Å². The number of ether oxygens (including phenoxy) is 1. The summed E-state index contributed by atoms with van der Waals surface area (Å²) < 4.78 is 5.83. The standard InChI is InChI=1S/C18H17ClN4O3/c19-15-7-12(10-22-18(15)25)17(24)23-13-2-4-14(5-3-13)26-16-6-1-11(8-20)9-21-16/h1,6-7,9-10,13-14H,2-5H2,(H,22,25)(H,23,24). The molecule has 0 saturated heterocycles. The minimum atomic E-state index is -0.419. The summed E-state index contributed by atoms with van der Waals surface area (Å²) in [6.07, 6.45) is 6.02. The first-order valence-electron chi connectivity index (χ1n) is 8.27. The third kappa shape index (κ3) is 4.41. The molecule has 0 unspecified atom stereocenters. The fraction of sp³-hybridized carbons (Fsp3) is 0.333. The molecule has 26 heavy (non-hydrogen) atoms. The molecule has 0 atom stereocenters. The Morgan fingerprint density at radius 2 is 2.12 bits per heavy atom. The summed E-state index contributed by atoms with van der Waals surface area (Å²) in [6.45, 7) is 0. The van der Waals surface area contributed by atoms with Gasteiger partial charge < -0.3 is 15.0 Å². The zero-order valence-corrected chi connectivity index (χ0v) is 14.6. The minimum Gasteiger partial charge on any atom is -0.474 e. The Labute approximate surface area is 155 Å². The Hall–Kier alpha value is -2.85. The van der Waals surface area contributed by atoms with Crippen LogP contribution in [0.2, 0.25) is 5.02 Å². The van der Waals surface area contributed by atoms with E-state index in [1.807, 2.05) is 6.07 Å². The van der Waals surface area contributed by atoms with Gasteiger partial charge in [0.2, 0.25) is 5.88 Å². The van der Waals surface area contributed by atoms with Crippen molar-refractivity contribution in [3.05, 3.63) is 57.1 Å². The number of hydrogen-bond donors (Lipinski definition) is 2. The number of pyridine rings is 2. The van der Waals surface area contributed by atoms with Crippen LogP contribution in [0.4, 0.5) is 0 Å². The average molecular weight is 373 g/mol. The maximum absolute atomic E-state index is 12.2. The van der Waals surface area contributed by atoms with Crippen molar-refractivity contribution >= 4 is 17.5 Å². The first kappa shape index (κ1) is 18.0. The lowest BCUT2D eigenvalue weighted by atomic mass is 9.92. The van der Waals surface area contributed by atoms with Crippen molar-refractivity contribution in [3.63, 3.8) is 0 Å². The molecule has 3 rings (SSSR count). The lowest BCUT2D eigenvalue weighted by Gasteiger charge is -2.29. The molecule has 0 aromatic carbocycles. The summed E-state index contributed by atoms with van der Waals surface area (Å²) in [5.74, 6) is 0.237. The highest BCUT2D eigenvalue weighted by molar-refractivity contribution is 6.30. The summed E-state index contributed by atoms with van der Waals surface area (Å²) >= 11 is 5.75. The van der Waals surface area contributed by atoms with Crippen LogP contribution in [0.25, 0.3) is 0 Å². The van der Waals surface area contributed by atoms with Crippen molar-refractivity contribution in [2.24, 2.45) is 0 Å². The summed E-state index contributed by atoms with van der Waals surface area (Å²) in [5, 5.41) is 11.7. The van der Waals surface area contributed by atoms with Crippen molar-refractivity contribution in [3.8, 4) is 11.9 Å². The highest BCUT2D eigenvalue weighted by atomic mass is 35.5. The van der Waals surface area contributed by atoms with Gasteiger partial charge in [-0.25, -0.2) is 4.98 Å². The third-order valence-corrected chi connectivity index (χ3v) is 4.56. The van der Waals surface area contributed by atoms with E-state index in [1.54, 1.807) is 12.1 Å². The van der Waals surface area contributed by atoms with Gasteiger partial charge in [-0.05, 0) is 37.8 Å². The summed E-state index contributed by atoms with van der Waals surface area (Å²) in [4.78, 5) is 30.0.